The maximum atomic E-state index is 12.9. The fourth-order valence-electron chi connectivity index (χ4n) is 3.88. The molecule has 9 nitrogen and oxygen atoms in total. The van der Waals surface area contributed by atoms with Crippen molar-refractivity contribution < 1.29 is 9.53 Å². The maximum absolute atomic E-state index is 12.9. The van der Waals surface area contributed by atoms with E-state index in [0.29, 0.717) is 28.4 Å². The second kappa shape index (κ2) is 9.02. The molecule has 5 aromatic rings. The second-order valence-electron chi connectivity index (χ2n) is 8.36. The molecule has 0 saturated heterocycles. The van der Waals surface area contributed by atoms with Crippen LogP contribution in [-0.2, 0) is 4.79 Å². The number of benzene rings is 2. The number of para-hydroxylation sites is 1. The Hall–Kier alpha value is -4.53. The monoisotopic (exact) mass is 467 g/mol. The van der Waals surface area contributed by atoms with E-state index < -0.39 is 6.10 Å². The van der Waals surface area contributed by atoms with Gasteiger partial charge in [0.05, 0.1) is 23.0 Å². The van der Waals surface area contributed by atoms with Gasteiger partial charge in [-0.15, -0.1) is 0 Å². The van der Waals surface area contributed by atoms with Crippen molar-refractivity contribution in [3.8, 4) is 17.3 Å². The van der Waals surface area contributed by atoms with Gasteiger partial charge in [-0.05, 0) is 57.0 Å². The molecular formula is C26H25N7O2. The van der Waals surface area contributed by atoms with E-state index in [2.05, 4.69) is 45.4 Å². The Balaban J connectivity index is 1.49. The number of nitrogens with zero attached hydrogens (tertiary/aromatic N) is 6. The minimum absolute atomic E-state index is 0.300. The lowest BCUT2D eigenvalue weighted by Gasteiger charge is -2.15. The molecule has 9 heteroatoms. The number of hydrogen-bond donors (Lipinski definition) is 1. The molecule has 2 aromatic carbocycles. The van der Waals surface area contributed by atoms with Crippen LogP contribution in [0, 0.1) is 20.8 Å². The third kappa shape index (κ3) is 4.23. The number of ether oxygens (including phenoxy) is 1. The molecule has 0 aliphatic carbocycles. The Bertz CT molecular complexity index is 1520. The van der Waals surface area contributed by atoms with Crippen molar-refractivity contribution in [2.45, 2.75) is 33.8 Å². The average Bonchev–Trinajstić information content (AvgIpc) is 3.44. The summed E-state index contributed by atoms with van der Waals surface area (Å²) < 4.78 is 9.16. The number of anilines is 1. The molecule has 176 valence electrons. The number of carbonyl (C=O) groups is 1. The molecule has 0 aliphatic heterocycles. The Morgan fingerprint density at radius 3 is 2.60 bits per heavy atom. The Morgan fingerprint density at radius 2 is 1.80 bits per heavy atom. The van der Waals surface area contributed by atoms with E-state index >= 15 is 0 Å². The molecule has 35 heavy (non-hydrogen) atoms. The first kappa shape index (κ1) is 22.3. The highest BCUT2D eigenvalue weighted by Gasteiger charge is 2.21. The molecule has 1 atom stereocenters. The number of fused-ring (bicyclic) bond motifs is 1. The van der Waals surface area contributed by atoms with E-state index in [-0.39, 0.29) is 5.91 Å². The van der Waals surface area contributed by atoms with Crippen molar-refractivity contribution in [1.29, 1.82) is 0 Å². The molecule has 3 aromatic heterocycles. The Labute approximate surface area is 202 Å². The first-order valence-corrected chi connectivity index (χ1v) is 11.3. The van der Waals surface area contributed by atoms with Gasteiger partial charge in [-0.3, -0.25) is 4.79 Å². The topological polar surface area (TPSA) is 99.7 Å². The predicted octanol–water partition coefficient (Wildman–Crippen LogP) is 4.33. The van der Waals surface area contributed by atoms with Crippen molar-refractivity contribution in [2.24, 2.45) is 0 Å². The lowest BCUT2D eigenvalue weighted by atomic mass is 10.1. The molecule has 0 bridgehead atoms. The minimum atomic E-state index is -0.710. The van der Waals surface area contributed by atoms with Gasteiger partial charge in [-0.25, -0.2) is 14.6 Å². The van der Waals surface area contributed by atoms with Crippen molar-refractivity contribution in [2.75, 3.05) is 5.32 Å². The summed E-state index contributed by atoms with van der Waals surface area (Å²) >= 11 is 0. The summed E-state index contributed by atoms with van der Waals surface area (Å²) in [6, 6.07) is 17.1. The molecule has 1 N–H and O–H groups in total. The Kier molecular flexibility index (Phi) is 5.74. The molecule has 0 spiro atoms. The zero-order chi connectivity index (χ0) is 24.5. The zero-order valence-electron chi connectivity index (χ0n) is 19.9. The molecule has 0 radical (unpaired) electrons. The fraction of sp³-hybridized carbons (Fsp3) is 0.192. The van der Waals surface area contributed by atoms with Crippen molar-refractivity contribution in [3.05, 3.63) is 83.9 Å². The first-order chi connectivity index (χ1) is 16.9. The third-order valence-electron chi connectivity index (χ3n) is 5.86. The molecule has 0 aliphatic rings. The highest BCUT2D eigenvalue weighted by molar-refractivity contribution is 5.94. The van der Waals surface area contributed by atoms with Crippen LogP contribution < -0.4 is 10.1 Å². The van der Waals surface area contributed by atoms with Crippen LogP contribution in [0.1, 0.15) is 23.7 Å². The molecular weight excluding hydrogens is 442 g/mol. The summed E-state index contributed by atoms with van der Waals surface area (Å²) in [6.07, 6.45) is 2.49. The van der Waals surface area contributed by atoms with Crippen LogP contribution in [0.4, 0.5) is 5.82 Å². The van der Waals surface area contributed by atoms with Gasteiger partial charge in [0.15, 0.2) is 17.6 Å². The SMILES string of the molecule is Cc1cc(NC(=O)[C@@H](C)Oc2ccccc2)n(-c2ncnc3c2cnn3-c2cccc(C)c2C)n1. The highest BCUT2D eigenvalue weighted by atomic mass is 16.5. The summed E-state index contributed by atoms with van der Waals surface area (Å²) in [5.41, 5.74) is 4.61. The third-order valence-corrected chi connectivity index (χ3v) is 5.86. The van der Waals surface area contributed by atoms with Crippen molar-refractivity contribution in [1.82, 2.24) is 29.5 Å². The predicted molar refractivity (Wildman–Crippen MR) is 133 cm³/mol. The van der Waals surface area contributed by atoms with Crippen LogP contribution in [0.15, 0.2) is 67.1 Å². The lowest BCUT2D eigenvalue weighted by Crippen LogP contribution is -2.31. The smallest absolute Gasteiger partial charge is 0.266 e. The van der Waals surface area contributed by atoms with Gasteiger partial charge in [0.25, 0.3) is 5.91 Å². The maximum Gasteiger partial charge on any atom is 0.266 e. The summed E-state index contributed by atoms with van der Waals surface area (Å²) in [6.45, 7) is 7.68. The van der Waals surface area contributed by atoms with E-state index in [4.69, 9.17) is 4.74 Å². The van der Waals surface area contributed by atoms with Gasteiger partial charge < -0.3 is 10.1 Å². The molecule has 5 rings (SSSR count). The largest absolute Gasteiger partial charge is 0.481 e. The average molecular weight is 468 g/mol. The number of amides is 1. The van der Waals surface area contributed by atoms with Crippen LogP contribution in [0.2, 0.25) is 0 Å². The molecule has 3 heterocycles. The number of aromatic nitrogens is 6. The van der Waals surface area contributed by atoms with E-state index in [0.717, 1.165) is 16.9 Å². The fourth-order valence-corrected chi connectivity index (χ4v) is 3.88. The zero-order valence-corrected chi connectivity index (χ0v) is 19.9. The molecule has 0 unspecified atom stereocenters. The summed E-state index contributed by atoms with van der Waals surface area (Å²) in [4.78, 5) is 21.9. The summed E-state index contributed by atoms with van der Waals surface area (Å²) in [5, 5.41) is 12.8. The molecule has 1 amide bonds. The normalized spacial score (nSPS) is 12.0. The molecule has 0 saturated carbocycles. The quantitative estimate of drug-likeness (QED) is 0.399. The number of carbonyl (C=O) groups excluding carboxylic acids is 1. The van der Waals surface area contributed by atoms with Crippen LogP contribution in [0.25, 0.3) is 22.5 Å². The van der Waals surface area contributed by atoms with E-state index in [9.17, 15) is 4.79 Å². The van der Waals surface area contributed by atoms with Crippen molar-refractivity contribution in [3.63, 3.8) is 0 Å². The van der Waals surface area contributed by atoms with E-state index in [1.165, 1.54) is 11.9 Å². The van der Waals surface area contributed by atoms with Crippen LogP contribution in [-0.4, -0.2) is 41.5 Å². The van der Waals surface area contributed by atoms with Gasteiger partial charge in [-0.1, -0.05) is 30.3 Å². The van der Waals surface area contributed by atoms with Crippen LogP contribution >= 0.6 is 0 Å². The standard InChI is InChI=1S/C26H25N7O2/c1-16-9-8-12-22(18(16)3)32-24-21(14-29-32)25(28-15-27-24)33-23(13-17(2)31-33)30-26(34)19(4)35-20-10-6-5-7-11-20/h5-15,19H,1-4H3,(H,30,34)/t19-/m1/s1. The summed E-state index contributed by atoms with van der Waals surface area (Å²) in [7, 11) is 0. The van der Waals surface area contributed by atoms with Gasteiger partial charge >= 0.3 is 0 Å². The van der Waals surface area contributed by atoms with Crippen LogP contribution in [0.5, 0.6) is 5.75 Å². The lowest BCUT2D eigenvalue weighted by molar-refractivity contribution is -0.122. The Morgan fingerprint density at radius 1 is 1.00 bits per heavy atom. The van der Waals surface area contributed by atoms with Gasteiger partial charge in [0.1, 0.15) is 17.9 Å². The van der Waals surface area contributed by atoms with Gasteiger partial charge in [0.2, 0.25) is 0 Å². The number of rotatable bonds is 6. The highest BCUT2D eigenvalue weighted by Crippen LogP contribution is 2.26. The number of nitrogens with one attached hydrogen (secondary N) is 1. The van der Waals surface area contributed by atoms with Crippen LogP contribution in [0.3, 0.4) is 0 Å². The van der Waals surface area contributed by atoms with Gasteiger partial charge in [-0.2, -0.15) is 14.9 Å². The molecule has 0 fully saturated rings. The number of hydrogen-bond acceptors (Lipinski definition) is 6. The van der Waals surface area contributed by atoms with Gasteiger partial charge in [0, 0.05) is 6.07 Å². The van der Waals surface area contributed by atoms with E-state index in [1.807, 2.05) is 49.4 Å². The van der Waals surface area contributed by atoms with Crippen molar-refractivity contribution >= 4 is 22.8 Å². The second-order valence-corrected chi connectivity index (χ2v) is 8.36. The minimum Gasteiger partial charge on any atom is -0.481 e. The summed E-state index contributed by atoms with van der Waals surface area (Å²) in [5.74, 6) is 1.32. The number of aryl methyl sites for hydroxylation is 2. The first-order valence-electron chi connectivity index (χ1n) is 11.3. The van der Waals surface area contributed by atoms with E-state index in [1.54, 1.807) is 28.6 Å².